The second-order valence-corrected chi connectivity index (χ2v) is 3.84. The number of benzene rings is 1. The van der Waals surface area contributed by atoms with Crippen molar-refractivity contribution in [2.75, 3.05) is 14.1 Å². The van der Waals surface area contributed by atoms with Gasteiger partial charge in [0.2, 0.25) is 5.90 Å². The van der Waals surface area contributed by atoms with Crippen LogP contribution in [0.1, 0.15) is 5.56 Å². The topological polar surface area (TPSA) is 54.3 Å². The fraction of sp³-hybridized carbons (Fsp3) is 0.154. The fourth-order valence-corrected chi connectivity index (χ4v) is 1.36. The highest BCUT2D eigenvalue weighted by atomic mass is 16.6. The van der Waals surface area contributed by atoms with Crippen molar-refractivity contribution in [3.8, 4) is 0 Å². The van der Waals surface area contributed by atoms with E-state index in [0.29, 0.717) is 5.90 Å². The number of carbonyl (C=O) groups is 1. The van der Waals surface area contributed by atoms with Gasteiger partial charge in [-0.25, -0.2) is 9.79 Å². The molecule has 5 heteroatoms. The zero-order chi connectivity index (χ0) is 13.0. The number of aliphatic imine (C=N–C) groups is 1. The number of nitrogens with zero attached hydrogens (tertiary/aromatic N) is 3. The first-order chi connectivity index (χ1) is 8.66. The molecule has 0 saturated carbocycles. The Morgan fingerprint density at radius 1 is 1.28 bits per heavy atom. The van der Waals surface area contributed by atoms with Crippen molar-refractivity contribution in [2.24, 2.45) is 10.1 Å². The first-order valence-corrected chi connectivity index (χ1v) is 5.44. The number of ether oxygens (including phenoxy) is 1. The summed E-state index contributed by atoms with van der Waals surface area (Å²) in [4.78, 5) is 15.7. The lowest BCUT2D eigenvalue weighted by Gasteiger charge is -1.99. The Hall–Kier alpha value is -2.43. The van der Waals surface area contributed by atoms with Gasteiger partial charge in [0.25, 0.3) is 0 Å². The summed E-state index contributed by atoms with van der Waals surface area (Å²) >= 11 is 0. The van der Waals surface area contributed by atoms with E-state index in [4.69, 9.17) is 4.74 Å². The molecule has 2 rings (SSSR count). The molecule has 0 N–H and O–H groups in total. The lowest BCUT2D eigenvalue weighted by molar-refractivity contribution is -0.130. The van der Waals surface area contributed by atoms with Crippen LogP contribution in [0.5, 0.6) is 0 Å². The minimum absolute atomic E-state index is 0.249. The van der Waals surface area contributed by atoms with Crippen LogP contribution in [-0.2, 0) is 9.53 Å². The van der Waals surface area contributed by atoms with Gasteiger partial charge in [-0.3, -0.25) is 0 Å². The Morgan fingerprint density at radius 2 is 2.00 bits per heavy atom. The summed E-state index contributed by atoms with van der Waals surface area (Å²) in [5.41, 5.74) is 1.03. The second kappa shape index (κ2) is 5.27. The van der Waals surface area contributed by atoms with Crippen LogP contribution in [0.4, 0.5) is 0 Å². The van der Waals surface area contributed by atoms with E-state index in [1.165, 1.54) is 12.3 Å². The molecule has 0 amide bonds. The van der Waals surface area contributed by atoms with Crippen LogP contribution >= 0.6 is 0 Å². The van der Waals surface area contributed by atoms with Gasteiger partial charge in [-0.2, -0.15) is 5.10 Å². The van der Waals surface area contributed by atoms with Crippen molar-refractivity contribution in [1.29, 1.82) is 0 Å². The minimum atomic E-state index is -0.459. The fourth-order valence-electron chi connectivity index (χ4n) is 1.36. The first-order valence-electron chi connectivity index (χ1n) is 5.44. The average Bonchev–Trinajstić information content (AvgIpc) is 2.72. The third-order valence-electron chi connectivity index (χ3n) is 2.17. The SMILES string of the molecule is CN(C)/N=C\C=C1/N=C(c2ccccc2)OC1=O. The lowest BCUT2D eigenvalue weighted by Crippen LogP contribution is -2.05. The van der Waals surface area contributed by atoms with Crippen molar-refractivity contribution >= 4 is 18.1 Å². The van der Waals surface area contributed by atoms with E-state index in [2.05, 4.69) is 10.1 Å². The third-order valence-corrected chi connectivity index (χ3v) is 2.17. The summed E-state index contributed by atoms with van der Waals surface area (Å²) in [5.74, 6) is -0.135. The highest BCUT2D eigenvalue weighted by molar-refractivity contribution is 6.12. The number of rotatable bonds is 3. The molecule has 1 heterocycles. The largest absolute Gasteiger partial charge is 0.402 e. The van der Waals surface area contributed by atoms with Gasteiger partial charge in [-0.05, 0) is 18.2 Å². The number of hydrogen-bond donors (Lipinski definition) is 0. The van der Waals surface area contributed by atoms with Crippen molar-refractivity contribution in [3.63, 3.8) is 0 Å². The molecule has 1 aromatic rings. The molecule has 0 saturated heterocycles. The molecule has 0 atom stereocenters. The third kappa shape index (κ3) is 2.82. The Balaban J connectivity index is 2.20. The molecule has 0 radical (unpaired) electrons. The predicted molar refractivity (Wildman–Crippen MR) is 69.3 cm³/mol. The Kier molecular flexibility index (Phi) is 3.52. The van der Waals surface area contributed by atoms with Crippen LogP contribution in [0.25, 0.3) is 0 Å². The van der Waals surface area contributed by atoms with Crippen molar-refractivity contribution in [1.82, 2.24) is 5.01 Å². The van der Waals surface area contributed by atoms with Crippen LogP contribution in [0.3, 0.4) is 0 Å². The minimum Gasteiger partial charge on any atom is -0.402 e. The Bertz CT molecular complexity index is 530. The molecule has 0 unspecified atom stereocenters. The zero-order valence-electron chi connectivity index (χ0n) is 10.2. The van der Waals surface area contributed by atoms with E-state index in [0.717, 1.165) is 5.56 Å². The number of hydrazone groups is 1. The van der Waals surface area contributed by atoms with E-state index in [9.17, 15) is 4.79 Å². The van der Waals surface area contributed by atoms with Gasteiger partial charge >= 0.3 is 5.97 Å². The second-order valence-electron chi connectivity index (χ2n) is 3.84. The molecular weight excluding hydrogens is 230 g/mol. The maximum Gasteiger partial charge on any atom is 0.363 e. The standard InChI is InChI=1S/C13H13N3O2/c1-16(2)14-9-8-11-13(17)18-12(15-11)10-6-4-3-5-7-10/h3-9H,1-2H3/b11-8-,14-9-. The van der Waals surface area contributed by atoms with Gasteiger partial charge in [0.1, 0.15) is 0 Å². The normalized spacial score (nSPS) is 17.1. The molecule has 1 aliphatic heterocycles. The van der Waals surface area contributed by atoms with Gasteiger partial charge < -0.3 is 9.75 Å². The summed E-state index contributed by atoms with van der Waals surface area (Å²) < 4.78 is 5.09. The summed E-state index contributed by atoms with van der Waals surface area (Å²) in [6, 6.07) is 9.29. The molecule has 0 fully saturated rings. The molecule has 1 aromatic carbocycles. The summed E-state index contributed by atoms with van der Waals surface area (Å²) in [5, 5.41) is 5.60. The highest BCUT2D eigenvalue weighted by Crippen LogP contribution is 2.15. The summed E-state index contributed by atoms with van der Waals surface area (Å²) in [7, 11) is 3.58. The van der Waals surface area contributed by atoms with Gasteiger partial charge in [-0.15, -0.1) is 0 Å². The van der Waals surface area contributed by atoms with Crippen LogP contribution in [0.2, 0.25) is 0 Å². The lowest BCUT2D eigenvalue weighted by atomic mass is 10.2. The van der Waals surface area contributed by atoms with Crippen LogP contribution in [-0.4, -0.2) is 37.2 Å². The maximum absolute atomic E-state index is 11.6. The molecule has 5 nitrogen and oxygen atoms in total. The number of hydrogen-bond acceptors (Lipinski definition) is 5. The van der Waals surface area contributed by atoms with Gasteiger partial charge in [0, 0.05) is 25.9 Å². The highest BCUT2D eigenvalue weighted by Gasteiger charge is 2.23. The number of carbonyl (C=O) groups excluding carboxylic acids is 1. The molecule has 1 aliphatic rings. The van der Waals surface area contributed by atoms with E-state index in [-0.39, 0.29) is 5.70 Å². The van der Waals surface area contributed by atoms with Crippen molar-refractivity contribution in [2.45, 2.75) is 0 Å². The van der Waals surface area contributed by atoms with Crippen molar-refractivity contribution < 1.29 is 9.53 Å². The van der Waals surface area contributed by atoms with Crippen LogP contribution < -0.4 is 0 Å². The quantitative estimate of drug-likeness (QED) is 0.349. The number of allylic oxidation sites excluding steroid dienone is 1. The van der Waals surface area contributed by atoms with Crippen LogP contribution in [0, 0.1) is 0 Å². The molecule has 0 aliphatic carbocycles. The molecule has 0 spiro atoms. The molecule has 18 heavy (non-hydrogen) atoms. The summed E-state index contributed by atoms with van der Waals surface area (Å²) in [6.07, 6.45) is 3.03. The smallest absolute Gasteiger partial charge is 0.363 e. The average molecular weight is 243 g/mol. The van der Waals surface area contributed by atoms with Gasteiger partial charge in [0.05, 0.1) is 0 Å². The van der Waals surface area contributed by atoms with Crippen LogP contribution in [0.15, 0.2) is 52.2 Å². The molecular formula is C13H13N3O2. The summed E-state index contributed by atoms with van der Waals surface area (Å²) in [6.45, 7) is 0. The van der Waals surface area contributed by atoms with E-state index in [1.54, 1.807) is 19.1 Å². The van der Waals surface area contributed by atoms with E-state index in [1.807, 2.05) is 30.3 Å². The van der Waals surface area contributed by atoms with Crippen molar-refractivity contribution in [3.05, 3.63) is 47.7 Å². The zero-order valence-corrected chi connectivity index (χ0v) is 10.2. The Morgan fingerprint density at radius 3 is 2.67 bits per heavy atom. The first kappa shape index (κ1) is 12.0. The monoisotopic (exact) mass is 243 g/mol. The van der Waals surface area contributed by atoms with E-state index < -0.39 is 5.97 Å². The number of esters is 1. The Labute approximate surface area is 105 Å². The van der Waals surface area contributed by atoms with Gasteiger partial charge in [0.15, 0.2) is 5.70 Å². The molecule has 92 valence electrons. The number of cyclic esters (lactones) is 1. The van der Waals surface area contributed by atoms with E-state index >= 15 is 0 Å². The maximum atomic E-state index is 11.6. The molecule has 0 bridgehead atoms. The molecule has 0 aromatic heterocycles. The van der Waals surface area contributed by atoms with Gasteiger partial charge in [-0.1, -0.05) is 18.2 Å². The predicted octanol–water partition coefficient (Wildman–Crippen LogP) is 1.42.